The largest absolute Gasteiger partial charge is 0.489 e. The molecule has 0 fully saturated rings. The number of ether oxygens (including phenoxy) is 3. The Bertz CT molecular complexity index is 1140. The number of hydrogen-bond acceptors (Lipinski definition) is 5. The number of rotatable bonds is 4. The van der Waals surface area contributed by atoms with Crippen LogP contribution in [-0.4, -0.2) is 11.9 Å². The minimum absolute atomic E-state index is 0.230. The monoisotopic (exact) mass is 393 g/mol. The van der Waals surface area contributed by atoms with E-state index in [2.05, 4.69) is 5.16 Å². The summed E-state index contributed by atoms with van der Waals surface area (Å²) in [5, 5.41) is 5.79. The van der Waals surface area contributed by atoms with Gasteiger partial charge in [-0.05, 0) is 24.3 Å². The summed E-state index contributed by atoms with van der Waals surface area (Å²) in [5.74, 6) is 1.46. The maximum absolute atomic E-state index is 6.21. The third-order valence-corrected chi connectivity index (χ3v) is 4.85. The zero-order valence-corrected chi connectivity index (χ0v) is 15.6. The van der Waals surface area contributed by atoms with Gasteiger partial charge < -0.3 is 18.7 Å². The molecule has 1 aliphatic heterocycles. The molecule has 0 atom stereocenters. The summed E-state index contributed by atoms with van der Waals surface area (Å²) in [6.45, 7) is 1.04. The number of hydrogen-bond donors (Lipinski definition) is 0. The Balaban J connectivity index is 1.40. The van der Waals surface area contributed by atoms with Crippen molar-refractivity contribution in [3.05, 3.63) is 76.8 Å². The molecule has 0 saturated heterocycles. The predicted octanol–water partition coefficient (Wildman–Crippen LogP) is 5.59. The lowest BCUT2D eigenvalue weighted by Crippen LogP contribution is -2.14. The normalized spacial score (nSPS) is 13.2. The molecule has 0 unspecified atom stereocenters. The van der Waals surface area contributed by atoms with E-state index in [9.17, 15) is 0 Å². The second-order valence-corrected chi connectivity index (χ2v) is 6.94. The molecular weight excluding hydrogens is 378 g/mol. The Morgan fingerprint density at radius 3 is 2.82 bits per heavy atom. The zero-order chi connectivity index (χ0) is 18.9. The van der Waals surface area contributed by atoms with Gasteiger partial charge in [-0.1, -0.05) is 47.1 Å². The number of benzene rings is 3. The van der Waals surface area contributed by atoms with Gasteiger partial charge >= 0.3 is 0 Å². The minimum atomic E-state index is 0.230. The highest BCUT2D eigenvalue weighted by Crippen LogP contribution is 2.34. The maximum atomic E-state index is 6.21. The van der Waals surface area contributed by atoms with Gasteiger partial charge in [-0.3, -0.25) is 0 Å². The van der Waals surface area contributed by atoms with Crippen LogP contribution in [0.25, 0.3) is 22.2 Å². The summed E-state index contributed by atoms with van der Waals surface area (Å²) in [7, 11) is 0. The summed E-state index contributed by atoms with van der Waals surface area (Å²) in [5.41, 5.74) is 4.32. The first-order valence-corrected chi connectivity index (χ1v) is 9.25. The van der Waals surface area contributed by atoms with E-state index in [4.69, 9.17) is 30.3 Å². The van der Waals surface area contributed by atoms with E-state index in [1.54, 1.807) is 0 Å². The van der Waals surface area contributed by atoms with Gasteiger partial charge in [0.2, 0.25) is 0 Å². The quantitative estimate of drug-likeness (QED) is 0.452. The van der Waals surface area contributed by atoms with Gasteiger partial charge in [0.05, 0.1) is 6.61 Å². The van der Waals surface area contributed by atoms with Crippen LogP contribution >= 0.6 is 11.6 Å². The molecule has 1 aliphatic rings. The SMILES string of the molecule is Clc1cc2c(c(COc3ccc4c(-c5ccccc5)noc4c3)c1)OCOC2. The Morgan fingerprint density at radius 2 is 1.93 bits per heavy atom. The van der Waals surface area contributed by atoms with Crippen LogP contribution in [0.4, 0.5) is 0 Å². The van der Waals surface area contributed by atoms with Gasteiger partial charge in [-0.25, -0.2) is 0 Å². The molecule has 0 saturated carbocycles. The van der Waals surface area contributed by atoms with E-state index in [1.807, 2.05) is 60.7 Å². The van der Waals surface area contributed by atoms with Crippen LogP contribution in [0, 0.1) is 0 Å². The number of nitrogens with zero attached hydrogens (tertiary/aromatic N) is 1. The highest BCUT2D eigenvalue weighted by atomic mass is 35.5. The number of aromatic nitrogens is 1. The first kappa shape index (κ1) is 17.1. The topological polar surface area (TPSA) is 53.7 Å². The van der Waals surface area contributed by atoms with E-state index < -0.39 is 0 Å². The first-order valence-electron chi connectivity index (χ1n) is 8.87. The van der Waals surface area contributed by atoms with Crippen molar-refractivity contribution in [2.24, 2.45) is 0 Å². The van der Waals surface area contributed by atoms with Gasteiger partial charge in [-0.15, -0.1) is 0 Å². The van der Waals surface area contributed by atoms with Crippen LogP contribution in [0.5, 0.6) is 11.5 Å². The number of fused-ring (bicyclic) bond motifs is 2. The molecule has 0 radical (unpaired) electrons. The third-order valence-electron chi connectivity index (χ3n) is 4.64. The summed E-state index contributed by atoms with van der Waals surface area (Å²) in [4.78, 5) is 0. The van der Waals surface area contributed by atoms with Crippen molar-refractivity contribution in [1.82, 2.24) is 5.16 Å². The number of halogens is 1. The summed E-state index contributed by atoms with van der Waals surface area (Å²) < 4.78 is 22.4. The molecule has 28 heavy (non-hydrogen) atoms. The Labute approximate surface area is 166 Å². The van der Waals surface area contributed by atoms with Crippen molar-refractivity contribution in [3.63, 3.8) is 0 Å². The van der Waals surface area contributed by atoms with Crippen LogP contribution < -0.4 is 9.47 Å². The third kappa shape index (κ3) is 3.19. The molecule has 0 aliphatic carbocycles. The van der Waals surface area contributed by atoms with Crippen LogP contribution in [0.15, 0.2) is 65.2 Å². The zero-order valence-electron chi connectivity index (χ0n) is 14.9. The highest BCUT2D eigenvalue weighted by molar-refractivity contribution is 6.30. The molecule has 3 aromatic carbocycles. The van der Waals surface area contributed by atoms with Crippen molar-refractivity contribution in [1.29, 1.82) is 0 Å². The average Bonchev–Trinajstić information content (AvgIpc) is 3.16. The van der Waals surface area contributed by atoms with Crippen LogP contribution in [0.1, 0.15) is 11.1 Å². The second-order valence-electron chi connectivity index (χ2n) is 6.51. The fourth-order valence-electron chi connectivity index (χ4n) is 3.34. The van der Waals surface area contributed by atoms with E-state index in [0.717, 1.165) is 33.5 Å². The smallest absolute Gasteiger partial charge is 0.189 e. The minimum Gasteiger partial charge on any atom is -0.489 e. The first-order chi connectivity index (χ1) is 13.8. The fourth-order valence-corrected chi connectivity index (χ4v) is 3.60. The molecule has 2 heterocycles. The molecule has 140 valence electrons. The van der Waals surface area contributed by atoms with Gasteiger partial charge in [0, 0.05) is 33.2 Å². The molecule has 1 aromatic heterocycles. The van der Waals surface area contributed by atoms with Crippen LogP contribution in [-0.2, 0) is 18.0 Å². The van der Waals surface area contributed by atoms with Crippen molar-refractivity contribution < 1.29 is 18.7 Å². The molecule has 4 aromatic rings. The highest BCUT2D eigenvalue weighted by Gasteiger charge is 2.17. The molecule has 0 bridgehead atoms. The van der Waals surface area contributed by atoms with Crippen LogP contribution in [0.2, 0.25) is 5.02 Å². The predicted molar refractivity (Wildman–Crippen MR) is 106 cm³/mol. The maximum Gasteiger partial charge on any atom is 0.189 e. The van der Waals surface area contributed by atoms with Crippen molar-refractivity contribution in [3.8, 4) is 22.8 Å². The van der Waals surface area contributed by atoms with E-state index >= 15 is 0 Å². The lowest BCUT2D eigenvalue weighted by molar-refractivity contribution is -0.0175. The fraction of sp³-hybridized carbons (Fsp3) is 0.136. The van der Waals surface area contributed by atoms with Crippen molar-refractivity contribution in [2.45, 2.75) is 13.2 Å². The van der Waals surface area contributed by atoms with Gasteiger partial charge in [-0.2, -0.15) is 0 Å². The molecule has 5 rings (SSSR count). The lowest BCUT2D eigenvalue weighted by atomic mass is 10.1. The van der Waals surface area contributed by atoms with E-state index in [0.29, 0.717) is 29.6 Å². The van der Waals surface area contributed by atoms with E-state index in [1.165, 1.54) is 0 Å². The molecule has 0 N–H and O–H groups in total. The molecule has 6 heteroatoms. The Morgan fingerprint density at radius 1 is 1.04 bits per heavy atom. The standard InChI is InChI=1S/C22H16ClNO4/c23-17-8-15-11-25-13-27-22(15)16(9-17)12-26-18-6-7-19-20(10-18)28-24-21(19)14-4-2-1-3-5-14/h1-10H,11-13H2. The second kappa shape index (κ2) is 7.19. The summed E-state index contributed by atoms with van der Waals surface area (Å²) in [6.07, 6.45) is 0. The van der Waals surface area contributed by atoms with Gasteiger partial charge in [0.15, 0.2) is 12.4 Å². The van der Waals surface area contributed by atoms with Crippen LogP contribution in [0.3, 0.4) is 0 Å². The van der Waals surface area contributed by atoms with Gasteiger partial charge in [0.25, 0.3) is 0 Å². The molecule has 0 spiro atoms. The average molecular weight is 394 g/mol. The molecule has 5 nitrogen and oxygen atoms in total. The van der Waals surface area contributed by atoms with E-state index in [-0.39, 0.29) is 6.79 Å². The Kier molecular flexibility index (Phi) is 4.39. The molecule has 0 amide bonds. The summed E-state index contributed by atoms with van der Waals surface area (Å²) >= 11 is 6.21. The van der Waals surface area contributed by atoms with Gasteiger partial charge in [0.1, 0.15) is 23.8 Å². The van der Waals surface area contributed by atoms with Crippen molar-refractivity contribution >= 4 is 22.6 Å². The Hall–Kier alpha value is -3.02. The molecular formula is C22H16ClNO4. The summed E-state index contributed by atoms with van der Waals surface area (Å²) in [6, 6.07) is 19.4. The lowest BCUT2D eigenvalue weighted by Gasteiger charge is -2.21. The van der Waals surface area contributed by atoms with Crippen molar-refractivity contribution in [2.75, 3.05) is 6.79 Å².